The minimum Gasteiger partial charge on any atom is -0.497 e. The zero-order chi connectivity index (χ0) is 20.2. The van der Waals surface area contributed by atoms with E-state index in [1.54, 1.807) is 25.6 Å². The molecular formula is C22H27N3O3S. The van der Waals surface area contributed by atoms with Crippen molar-refractivity contribution in [3.8, 4) is 17.2 Å². The topological polar surface area (TPSA) is 47.1 Å². The van der Waals surface area contributed by atoms with Crippen molar-refractivity contribution < 1.29 is 14.2 Å². The molecule has 7 heteroatoms. The van der Waals surface area contributed by atoms with Crippen LogP contribution >= 0.6 is 11.3 Å². The van der Waals surface area contributed by atoms with E-state index in [2.05, 4.69) is 21.9 Å². The molecular weight excluding hydrogens is 386 g/mol. The van der Waals surface area contributed by atoms with Crippen LogP contribution in [-0.4, -0.2) is 56.9 Å². The van der Waals surface area contributed by atoms with Crippen molar-refractivity contribution in [2.24, 2.45) is 0 Å². The number of hydrogen-bond acceptors (Lipinski definition) is 7. The lowest BCUT2D eigenvalue weighted by atomic mass is 10.1. The number of benzene rings is 2. The number of hydrogen-bond donors (Lipinski definition) is 0. The first-order valence-corrected chi connectivity index (χ1v) is 10.7. The van der Waals surface area contributed by atoms with Crippen molar-refractivity contribution in [3.63, 3.8) is 0 Å². The van der Waals surface area contributed by atoms with Crippen molar-refractivity contribution in [1.82, 2.24) is 9.88 Å². The molecule has 4 rings (SSSR count). The molecule has 2 aromatic carbocycles. The van der Waals surface area contributed by atoms with Crippen LogP contribution in [0, 0.1) is 0 Å². The molecule has 1 saturated heterocycles. The van der Waals surface area contributed by atoms with E-state index < -0.39 is 0 Å². The molecule has 0 saturated carbocycles. The Morgan fingerprint density at radius 2 is 1.76 bits per heavy atom. The van der Waals surface area contributed by atoms with Gasteiger partial charge < -0.3 is 19.1 Å². The number of piperazine rings is 1. The Morgan fingerprint density at radius 1 is 0.966 bits per heavy atom. The number of rotatable bonds is 7. The third-order valence-corrected chi connectivity index (χ3v) is 6.26. The second kappa shape index (κ2) is 8.88. The van der Waals surface area contributed by atoms with Gasteiger partial charge in [-0.25, -0.2) is 4.98 Å². The molecule has 0 amide bonds. The van der Waals surface area contributed by atoms with E-state index in [4.69, 9.17) is 19.2 Å². The van der Waals surface area contributed by atoms with Crippen LogP contribution in [0.3, 0.4) is 0 Å². The fourth-order valence-electron chi connectivity index (χ4n) is 3.63. The zero-order valence-electron chi connectivity index (χ0n) is 17.2. The van der Waals surface area contributed by atoms with Crippen molar-refractivity contribution in [2.75, 3.05) is 51.9 Å². The number of methoxy groups -OCH3 is 2. The number of fused-ring (bicyclic) bond motifs is 1. The molecule has 29 heavy (non-hydrogen) atoms. The molecule has 0 aliphatic carbocycles. The first-order chi connectivity index (χ1) is 14.2. The molecule has 154 valence electrons. The van der Waals surface area contributed by atoms with E-state index in [1.807, 2.05) is 31.2 Å². The second-order valence-corrected chi connectivity index (χ2v) is 8.01. The fourth-order valence-corrected chi connectivity index (χ4v) is 4.67. The lowest BCUT2D eigenvalue weighted by Crippen LogP contribution is -2.45. The standard InChI is InChI=1S/C22H27N3O3S/c1-4-28-18-5-7-19-21(14-18)29-22(23-19)25-11-9-24(10-12-25)15-16-13-17(26-2)6-8-20(16)27-3/h5-8,13-14H,4,9-12,15H2,1-3H3. The molecule has 0 unspecified atom stereocenters. The van der Waals surface area contributed by atoms with Gasteiger partial charge in [-0.15, -0.1) is 0 Å². The first kappa shape index (κ1) is 19.8. The molecule has 0 spiro atoms. The molecule has 0 atom stereocenters. The van der Waals surface area contributed by atoms with Crippen molar-refractivity contribution in [2.45, 2.75) is 13.5 Å². The monoisotopic (exact) mass is 413 g/mol. The molecule has 3 aromatic rings. The lowest BCUT2D eigenvalue weighted by molar-refractivity contribution is 0.245. The molecule has 0 N–H and O–H groups in total. The van der Waals surface area contributed by atoms with Crippen molar-refractivity contribution >= 4 is 26.7 Å². The van der Waals surface area contributed by atoms with Gasteiger partial charge in [0.2, 0.25) is 0 Å². The molecule has 2 heterocycles. The number of nitrogens with zero attached hydrogens (tertiary/aromatic N) is 3. The predicted molar refractivity (Wildman–Crippen MR) is 118 cm³/mol. The highest BCUT2D eigenvalue weighted by molar-refractivity contribution is 7.22. The summed E-state index contributed by atoms with van der Waals surface area (Å²) in [6, 6.07) is 12.1. The summed E-state index contributed by atoms with van der Waals surface area (Å²) in [7, 11) is 3.41. The highest BCUT2D eigenvalue weighted by Gasteiger charge is 2.21. The van der Waals surface area contributed by atoms with E-state index in [0.717, 1.165) is 66.2 Å². The molecule has 1 fully saturated rings. The molecule has 1 aliphatic heterocycles. The van der Waals surface area contributed by atoms with Crippen LogP contribution in [0.5, 0.6) is 17.2 Å². The van der Waals surface area contributed by atoms with Crippen LogP contribution in [0.25, 0.3) is 10.2 Å². The first-order valence-electron chi connectivity index (χ1n) is 9.91. The summed E-state index contributed by atoms with van der Waals surface area (Å²) in [6.45, 7) is 7.43. The maximum Gasteiger partial charge on any atom is 0.186 e. The van der Waals surface area contributed by atoms with E-state index in [9.17, 15) is 0 Å². The van der Waals surface area contributed by atoms with Crippen LogP contribution in [0.15, 0.2) is 36.4 Å². The van der Waals surface area contributed by atoms with Crippen molar-refractivity contribution in [3.05, 3.63) is 42.0 Å². The Labute approximate surface area is 175 Å². The number of aromatic nitrogens is 1. The lowest BCUT2D eigenvalue weighted by Gasteiger charge is -2.34. The van der Waals surface area contributed by atoms with Gasteiger partial charge in [0.15, 0.2) is 5.13 Å². The van der Waals surface area contributed by atoms with Crippen LogP contribution < -0.4 is 19.1 Å². The van der Waals surface area contributed by atoms with Crippen LogP contribution in [-0.2, 0) is 6.54 Å². The summed E-state index contributed by atoms with van der Waals surface area (Å²) in [5.41, 5.74) is 2.20. The maximum atomic E-state index is 5.61. The van der Waals surface area contributed by atoms with Gasteiger partial charge in [-0.2, -0.15) is 0 Å². The van der Waals surface area contributed by atoms with Gasteiger partial charge in [0, 0.05) is 38.3 Å². The van der Waals surface area contributed by atoms with E-state index >= 15 is 0 Å². The molecule has 0 bridgehead atoms. The van der Waals surface area contributed by atoms with Gasteiger partial charge >= 0.3 is 0 Å². The minimum absolute atomic E-state index is 0.678. The Morgan fingerprint density at radius 3 is 2.48 bits per heavy atom. The number of ether oxygens (including phenoxy) is 3. The number of anilines is 1. The molecule has 1 aliphatic rings. The third kappa shape index (κ3) is 4.41. The van der Waals surface area contributed by atoms with E-state index in [-0.39, 0.29) is 0 Å². The molecule has 0 radical (unpaired) electrons. The second-order valence-electron chi connectivity index (χ2n) is 7.00. The molecule has 6 nitrogen and oxygen atoms in total. The predicted octanol–water partition coefficient (Wildman–Crippen LogP) is 4.03. The fraction of sp³-hybridized carbons (Fsp3) is 0.409. The van der Waals surface area contributed by atoms with Gasteiger partial charge in [-0.3, -0.25) is 4.90 Å². The van der Waals surface area contributed by atoms with E-state index in [0.29, 0.717) is 6.61 Å². The Hall–Kier alpha value is -2.51. The van der Waals surface area contributed by atoms with Crippen LogP contribution in [0.1, 0.15) is 12.5 Å². The zero-order valence-corrected chi connectivity index (χ0v) is 18.0. The van der Waals surface area contributed by atoms with Crippen molar-refractivity contribution in [1.29, 1.82) is 0 Å². The van der Waals surface area contributed by atoms with E-state index in [1.165, 1.54) is 4.70 Å². The highest BCUT2D eigenvalue weighted by atomic mass is 32.1. The van der Waals surface area contributed by atoms with Gasteiger partial charge in [-0.05, 0) is 43.3 Å². The third-order valence-electron chi connectivity index (χ3n) is 5.18. The van der Waals surface area contributed by atoms with Gasteiger partial charge in [-0.1, -0.05) is 11.3 Å². The van der Waals surface area contributed by atoms with Crippen LogP contribution in [0.4, 0.5) is 5.13 Å². The van der Waals surface area contributed by atoms with Gasteiger partial charge in [0.25, 0.3) is 0 Å². The smallest absolute Gasteiger partial charge is 0.186 e. The normalized spacial score (nSPS) is 14.9. The largest absolute Gasteiger partial charge is 0.497 e. The average Bonchev–Trinajstić information content (AvgIpc) is 3.18. The minimum atomic E-state index is 0.678. The van der Waals surface area contributed by atoms with Gasteiger partial charge in [0.05, 0.1) is 31.0 Å². The Balaban J connectivity index is 1.41. The summed E-state index contributed by atoms with van der Waals surface area (Å²) in [4.78, 5) is 9.66. The number of thiazole rings is 1. The van der Waals surface area contributed by atoms with Gasteiger partial charge in [0.1, 0.15) is 17.2 Å². The summed E-state index contributed by atoms with van der Waals surface area (Å²) in [6.07, 6.45) is 0. The quantitative estimate of drug-likeness (QED) is 0.583. The Bertz CT molecular complexity index is 967. The summed E-state index contributed by atoms with van der Waals surface area (Å²) >= 11 is 1.74. The Kier molecular flexibility index (Phi) is 6.06. The SMILES string of the molecule is CCOc1ccc2nc(N3CCN(Cc4cc(OC)ccc4OC)CC3)sc2c1. The summed E-state index contributed by atoms with van der Waals surface area (Å²) in [5, 5.41) is 1.09. The molecule has 1 aromatic heterocycles. The summed E-state index contributed by atoms with van der Waals surface area (Å²) < 4.78 is 17.7. The highest BCUT2D eigenvalue weighted by Crippen LogP contribution is 2.32. The average molecular weight is 414 g/mol. The maximum absolute atomic E-state index is 5.61. The summed E-state index contributed by atoms with van der Waals surface area (Å²) in [5.74, 6) is 2.68. The van der Waals surface area contributed by atoms with Crippen LogP contribution in [0.2, 0.25) is 0 Å².